The van der Waals surface area contributed by atoms with Crippen molar-refractivity contribution in [3.05, 3.63) is 96.6 Å². The first-order valence-electron chi connectivity index (χ1n) is 60.2. The number of benzene rings is 2. The predicted molar refractivity (Wildman–Crippen MR) is 597 cm³/mol. The van der Waals surface area contributed by atoms with E-state index in [0.29, 0.717) is 75.0 Å². The fourth-order valence-electron chi connectivity index (χ4n) is 19.9. The van der Waals surface area contributed by atoms with Gasteiger partial charge in [-0.1, -0.05) is 462 Å². The summed E-state index contributed by atoms with van der Waals surface area (Å²) in [5, 5.41) is 6.28. The number of rotatable bonds is 94. The van der Waals surface area contributed by atoms with E-state index in [4.69, 9.17) is 74.8 Å². The standard InChI is InChI=1S/C121H207N2O25PSi/c1-12-21-28-35-41-47-53-59-68-81-101(139-108(126)84-71-62-56-50-44-38-31-24-15-4)90-106(124)122-112-117(144-111(129)92-103(83-70-61-55-49-43-37-30-23-14-3)141-110(128)86-73-64-58-52-46-40-33-26-17-6)115(147-149(132)137-94-99-79-74-75-80-100(99)95-138-149)104(96-133-93-98-77-66-65-67-78-98)142-118(112)136-97-105-114(145-120(130)134-87-19-8)116(146-121(131)135-88-20-9)113(119(143-105)148-150(10,11)89-76-34-27-18-7)123-107(125)91-102(82-69-60-54-48-42-36-29-22-13-2)140-109(127)85-72-63-57-51-45-39-32-25-16-5/h19-20,65-67,74-75,77-80,101-105,112-119H,8-9,12-18,21-64,68-73,76,81-97H2,1-7,10-11H3,(H,122,124)(H,123,125)/t101-,102-,103-,104-,105-,112-,113-,114-,115-,116-,117-,118-,119+/m1/s1. The molecule has 0 saturated carbocycles. The van der Waals surface area contributed by atoms with Crippen LogP contribution in [0, 0.1) is 0 Å². The van der Waals surface area contributed by atoms with E-state index in [1.54, 1.807) is 0 Å². The molecule has 0 aromatic heterocycles. The minimum atomic E-state index is -4.89. The summed E-state index contributed by atoms with van der Waals surface area (Å²) in [6.07, 6.45) is 42.5. The number of hydrogen-bond acceptors (Lipinski definition) is 25. The van der Waals surface area contributed by atoms with Crippen molar-refractivity contribution in [2.75, 3.05) is 26.4 Å². The molecule has 2 aromatic carbocycles. The molecule has 2 fully saturated rings. The Labute approximate surface area is 907 Å². The van der Waals surface area contributed by atoms with Crippen LogP contribution in [0.15, 0.2) is 79.9 Å². The number of amides is 2. The number of fused-ring (bicyclic) bond motifs is 1. The zero-order chi connectivity index (χ0) is 108. The van der Waals surface area contributed by atoms with Gasteiger partial charge in [0.1, 0.15) is 61.9 Å². The van der Waals surface area contributed by atoms with Gasteiger partial charge in [0.05, 0.1) is 52.3 Å². The van der Waals surface area contributed by atoms with Gasteiger partial charge in [-0.3, -0.25) is 42.3 Å². The van der Waals surface area contributed by atoms with Crippen molar-refractivity contribution in [1.29, 1.82) is 0 Å². The van der Waals surface area contributed by atoms with Gasteiger partial charge in [-0.05, 0) is 93.6 Å². The number of unbranched alkanes of at least 4 members (excludes halogenated alkanes) is 51. The third-order valence-electron chi connectivity index (χ3n) is 28.8. The highest BCUT2D eigenvalue weighted by Gasteiger charge is 2.57. The van der Waals surface area contributed by atoms with Gasteiger partial charge in [-0.25, -0.2) is 14.2 Å². The van der Waals surface area contributed by atoms with Crippen LogP contribution in [0.1, 0.15) is 495 Å². The molecule has 150 heavy (non-hydrogen) atoms. The Hall–Kier alpha value is -6.59. The Kier molecular flexibility index (Phi) is 77.2. The molecule has 13 atom stereocenters. The Balaban J connectivity index is 1.80. The van der Waals surface area contributed by atoms with E-state index < -0.39 is 170 Å². The summed E-state index contributed by atoms with van der Waals surface area (Å²) in [5.41, 5.74) is 2.06. The van der Waals surface area contributed by atoms with Crippen molar-refractivity contribution in [2.24, 2.45) is 0 Å². The van der Waals surface area contributed by atoms with E-state index in [9.17, 15) is 24.0 Å². The zero-order valence-corrected chi connectivity index (χ0v) is 96.9. The van der Waals surface area contributed by atoms with E-state index in [-0.39, 0.29) is 58.7 Å². The van der Waals surface area contributed by atoms with Crippen LogP contribution in [-0.4, -0.2) is 162 Å². The molecule has 0 aliphatic carbocycles. The average Bonchev–Trinajstić information content (AvgIpc) is 0.898. The topological polar surface area (TPSA) is 325 Å². The summed E-state index contributed by atoms with van der Waals surface area (Å²) < 4.78 is 122. The van der Waals surface area contributed by atoms with Crippen molar-refractivity contribution in [1.82, 2.24) is 10.6 Å². The molecule has 0 bridgehead atoms. The van der Waals surface area contributed by atoms with E-state index in [1.807, 2.05) is 67.7 Å². The first-order valence-corrected chi connectivity index (χ1v) is 64.7. The third-order valence-corrected chi connectivity index (χ3v) is 32.6. The van der Waals surface area contributed by atoms with Crippen LogP contribution in [0.2, 0.25) is 19.1 Å². The number of phosphoric ester groups is 1. The number of carbonyl (C=O) groups is 8. The van der Waals surface area contributed by atoms with Gasteiger partial charge in [-0.15, -0.1) is 0 Å². The number of carbonyl (C=O) groups excluding carboxylic acids is 8. The molecular formula is C121H207N2O25PSi. The number of esters is 4. The molecule has 29 heteroatoms. The van der Waals surface area contributed by atoms with Gasteiger partial charge >= 0.3 is 44.0 Å². The summed E-state index contributed by atoms with van der Waals surface area (Å²) in [5.74, 6) is -3.62. The van der Waals surface area contributed by atoms with Crippen LogP contribution >= 0.6 is 7.82 Å². The first kappa shape index (κ1) is 134. The van der Waals surface area contributed by atoms with E-state index >= 15 is 18.9 Å². The molecule has 0 spiro atoms. The van der Waals surface area contributed by atoms with Crippen LogP contribution < -0.4 is 10.6 Å². The Morgan fingerprint density at radius 1 is 0.373 bits per heavy atom. The van der Waals surface area contributed by atoms with Gasteiger partial charge in [0.25, 0.3) is 0 Å². The molecular weight excluding hydrogens is 1940 g/mol. The molecule has 27 nitrogen and oxygen atoms in total. The average molecular weight is 2150 g/mol. The highest BCUT2D eigenvalue weighted by Crippen LogP contribution is 2.56. The van der Waals surface area contributed by atoms with Crippen LogP contribution in [0.3, 0.4) is 0 Å². The lowest BCUT2D eigenvalue weighted by atomic mass is 9.95. The molecule has 5 rings (SSSR count). The lowest BCUT2D eigenvalue weighted by Crippen LogP contribution is -2.69. The fraction of sp³-hybridized carbons (Fsp3) is 0.802. The Morgan fingerprint density at radius 2 is 0.693 bits per heavy atom. The fourth-order valence-corrected chi connectivity index (χ4v) is 23.3. The molecule has 3 aliphatic heterocycles. The molecule has 2 N–H and O–H groups in total. The molecule has 2 saturated heterocycles. The van der Waals surface area contributed by atoms with Crippen LogP contribution in [0.4, 0.5) is 9.59 Å². The second kappa shape index (κ2) is 86.5. The van der Waals surface area contributed by atoms with E-state index in [0.717, 1.165) is 237 Å². The van der Waals surface area contributed by atoms with Crippen molar-refractivity contribution in [2.45, 2.75) is 597 Å². The van der Waals surface area contributed by atoms with Crippen LogP contribution in [-0.2, 0) is 128 Å². The summed E-state index contributed by atoms with van der Waals surface area (Å²) in [4.78, 5) is 120. The first-order chi connectivity index (χ1) is 73.0. The summed E-state index contributed by atoms with van der Waals surface area (Å²) >= 11 is 0. The molecule has 2 amide bonds. The minimum Gasteiger partial charge on any atom is -0.462 e. The SMILES string of the molecule is C=CCOC(=O)O[C@@H]1[C@@H](NC(=O)C[C@@H](CCCCCCCCCCC)OC(=O)CCCCCCCCCCC)[C@H](O[Si](C)(C)CCCCCC)O[C@H](CO[C@@H]2O[C@H](COCc3ccccc3)[C@@H](OP3(=O)OCc4ccccc4CO3)[C@H](OC(=O)C[C@@H](CCCCCCCCCCC)OC(=O)CCCCCCCCCCC)[C@H]2NC(=O)C[C@@H](CCCCCCCCCCC)OC(=O)CCCCCCCCCCC)[C@H]1OC(=O)OCC=C. The molecule has 0 unspecified atom stereocenters. The maximum absolute atomic E-state index is 16.2. The maximum Gasteiger partial charge on any atom is 0.509 e. The number of hydrogen-bond donors (Lipinski definition) is 2. The highest BCUT2D eigenvalue weighted by molar-refractivity contribution is 7.48. The number of phosphoric acid groups is 1. The van der Waals surface area contributed by atoms with E-state index in [1.165, 1.54) is 115 Å². The van der Waals surface area contributed by atoms with E-state index in [2.05, 4.69) is 72.3 Å². The van der Waals surface area contributed by atoms with Gasteiger partial charge in [0, 0.05) is 19.3 Å². The van der Waals surface area contributed by atoms with Crippen molar-refractivity contribution in [3.63, 3.8) is 0 Å². The van der Waals surface area contributed by atoms with Crippen molar-refractivity contribution < 1.29 is 118 Å². The number of nitrogens with one attached hydrogen (secondary N) is 2. The third kappa shape index (κ3) is 63.0. The Bertz CT molecular complexity index is 3850. The minimum absolute atomic E-state index is 0.0257. The predicted octanol–water partition coefficient (Wildman–Crippen LogP) is 31.4. The molecule has 2 aromatic rings. The molecule has 0 radical (unpaired) electrons. The van der Waals surface area contributed by atoms with Crippen molar-refractivity contribution >= 4 is 64.1 Å². The van der Waals surface area contributed by atoms with Gasteiger partial charge in [0.15, 0.2) is 39.2 Å². The van der Waals surface area contributed by atoms with Gasteiger partial charge in [0.2, 0.25) is 11.8 Å². The smallest absolute Gasteiger partial charge is 0.462 e. The molecule has 860 valence electrons. The largest absolute Gasteiger partial charge is 0.509 e. The summed E-state index contributed by atoms with van der Waals surface area (Å²) in [7, 11) is -7.93. The zero-order valence-electron chi connectivity index (χ0n) is 95.0. The van der Waals surface area contributed by atoms with Gasteiger partial charge in [-0.2, -0.15) is 0 Å². The quantitative estimate of drug-likeness (QED) is 0.0155. The van der Waals surface area contributed by atoms with Crippen molar-refractivity contribution in [3.8, 4) is 0 Å². The number of ether oxygens (including phenoxy) is 12. The molecule has 3 heterocycles. The van der Waals surface area contributed by atoms with Gasteiger partial charge < -0.3 is 71.9 Å². The highest BCUT2D eigenvalue weighted by atomic mass is 31.2. The van der Waals surface area contributed by atoms with Crippen LogP contribution in [0.25, 0.3) is 0 Å². The normalized spacial score (nSPS) is 19.1. The second-order valence-electron chi connectivity index (χ2n) is 43.0. The molecule has 3 aliphatic rings. The van der Waals surface area contributed by atoms with Crippen LogP contribution in [0.5, 0.6) is 0 Å². The monoisotopic (exact) mass is 2150 g/mol. The summed E-state index contributed by atoms with van der Waals surface area (Å²) in [6, 6.07) is 13.9. The lowest BCUT2D eigenvalue weighted by Gasteiger charge is -2.48. The lowest BCUT2D eigenvalue weighted by molar-refractivity contribution is -0.298. The Morgan fingerprint density at radius 3 is 1.07 bits per heavy atom. The summed E-state index contributed by atoms with van der Waals surface area (Å²) in [6.45, 7) is 24.5. The maximum atomic E-state index is 16.2. The second-order valence-corrected chi connectivity index (χ2v) is 48.9.